The summed E-state index contributed by atoms with van der Waals surface area (Å²) in [4.78, 5) is 18.3. The highest BCUT2D eigenvalue weighted by Gasteiger charge is 2.42. The fraction of sp³-hybridized carbons (Fsp3) is 0.148. The van der Waals surface area contributed by atoms with E-state index in [1.54, 1.807) is 24.4 Å². The quantitative estimate of drug-likeness (QED) is 0.384. The van der Waals surface area contributed by atoms with Crippen LogP contribution in [0.3, 0.4) is 0 Å². The van der Waals surface area contributed by atoms with Crippen molar-refractivity contribution < 1.29 is 9.90 Å². The number of pyridine rings is 1. The molecule has 0 bridgehead atoms. The van der Waals surface area contributed by atoms with E-state index in [2.05, 4.69) is 53.3 Å². The number of aromatic carboxylic acids is 1. The monoisotopic (exact) mass is 468 g/mol. The lowest BCUT2D eigenvalue weighted by molar-refractivity contribution is 0.0697. The average Bonchev–Trinajstić information content (AvgIpc) is 3.46. The number of nitrogens with zero attached hydrogens (tertiary/aromatic N) is 3. The predicted octanol–water partition coefficient (Wildman–Crippen LogP) is 5.36. The molecule has 0 amide bonds. The fourth-order valence-corrected chi connectivity index (χ4v) is 4.81. The number of benzene rings is 2. The Kier molecular flexibility index (Phi) is 5.63. The first kappa shape index (κ1) is 21.9. The van der Waals surface area contributed by atoms with Crippen LogP contribution in [-0.4, -0.2) is 25.7 Å². The Labute approximate surface area is 203 Å². The first-order chi connectivity index (χ1) is 16.4. The van der Waals surface area contributed by atoms with Gasteiger partial charge in [0.15, 0.2) is 5.11 Å². The van der Waals surface area contributed by atoms with Gasteiger partial charge >= 0.3 is 5.97 Å². The number of thiocarbonyl (C=S) groups is 1. The van der Waals surface area contributed by atoms with Crippen molar-refractivity contribution in [2.45, 2.75) is 25.9 Å². The molecule has 3 heterocycles. The summed E-state index contributed by atoms with van der Waals surface area (Å²) >= 11 is 5.84. The molecule has 2 aromatic carbocycles. The van der Waals surface area contributed by atoms with Crippen molar-refractivity contribution in [3.05, 3.63) is 113 Å². The van der Waals surface area contributed by atoms with Crippen LogP contribution in [0.2, 0.25) is 0 Å². The van der Waals surface area contributed by atoms with Gasteiger partial charge in [0.1, 0.15) is 6.04 Å². The van der Waals surface area contributed by atoms with Crippen LogP contribution in [0.25, 0.3) is 5.69 Å². The van der Waals surface area contributed by atoms with Crippen molar-refractivity contribution in [3.8, 4) is 5.69 Å². The van der Waals surface area contributed by atoms with Crippen molar-refractivity contribution in [1.82, 2.24) is 14.9 Å². The molecule has 34 heavy (non-hydrogen) atoms. The second kappa shape index (κ2) is 8.76. The van der Waals surface area contributed by atoms with Crippen LogP contribution in [0.15, 0.2) is 85.2 Å². The number of carboxylic acid groups (broad SMARTS) is 1. The average molecular weight is 469 g/mol. The molecule has 0 spiro atoms. The molecule has 2 N–H and O–H groups in total. The Balaban J connectivity index is 1.67. The largest absolute Gasteiger partial charge is 0.478 e. The number of nitrogens with one attached hydrogen (secondary N) is 1. The number of carbonyl (C=O) groups is 1. The number of carboxylic acids is 1. The summed E-state index contributed by atoms with van der Waals surface area (Å²) in [5.74, 6) is -0.956. The molecule has 1 aliphatic rings. The van der Waals surface area contributed by atoms with Crippen molar-refractivity contribution >= 4 is 29.0 Å². The molecule has 4 aromatic rings. The minimum Gasteiger partial charge on any atom is -0.478 e. The van der Waals surface area contributed by atoms with Gasteiger partial charge in [0.2, 0.25) is 0 Å². The summed E-state index contributed by atoms with van der Waals surface area (Å²) in [6.07, 6.45) is 3.73. The maximum atomic E-state index is 11.6. The molecule has 0 saturated carbocycles. The van der Waals surface area contributed by atoms with E-state index in [4.69, 9.17) is 12.2 Å². The van der Waals surface area contributed by atoms with Gasteiger partial charge in [-0.2, -0.15) is 0 Å². The number of hydrogen-bond donors (Lipinski definition) is 2. The van der Waals surface area contributed by atoms with E-state index >= 15 is 0 Å². The van der Waals surface area contributed by atoms with Gasteiger partial charge in [0, 0.05) is 29.5 Å². The third-order valence-corrected chi connectivity index (χ3v) is 6.64. The van der Waals surface area contributed by atoms with Crippen LogP contribution in [0, 0.1) is 13.8 Å². The maximum absolute atomic E-state index is 11.6. The molecule has 6 nitrogen and oxygen atoms in total. The van der Waals surface area contributed by atoms with Crippen molar-refractivity contribution in [2.24, 2.45) is 0 Å². The lowest BCUT2D eigenvalue weighted by Gasteiger charge is -2.29. The SMILES string of the molecule is Cc1ccc(N2C(=S)N[C@@H](c3ccccn3)[C@H]2c2cccn2-c2cccc(C(=O)O)c2)cc1C. The molecule has 7 heteroatoms. The highest BCUT2D eigenvalue weighted by Crippen LogP contribution is 2.42. The molecular weight excluding hydrogens is 444 g/mol. The second-order valence-electron chi connectivity index (χ2n) is 8.42. The molecule has 2 atom stereocenters. The first-order valence-electron chi connectivity index (χ1n) is 11.0. The van der Waals surface area contributed by atoms with Gasteiger partial charge in [0.05, 0.1) is 17.3 Å². The molecule has 1 saturated heterocycles. The number of aromatic nitrogens is 2. The summed E-state index contributed by atoms with van der Waals surface area (Å²) in [6.45, 7) is 4.19. The lowest BCUT2D eigenvalue weighted by Crippen LogP contribution is -2.30. The van der Waals surface area contributed by atoms with Gasteiger partial charge in [-0.1, -0.05) is 18.2 Å². The fourth-order valence-electron chi connectivity index (χ4n) is 4.47. The van der Waals surface area contributed by atoms with E-state index in [0.29, 0.717) is 5.11 Å². The number of aryl methyl sites for hydroxylation is 2. The molecule has 0 radical (unpaired) electrons. The minimum absolute atomic E-state index is 0.188. The van der Waals surface area contributed by atoms with Crippen LogP contribution in [-0.2, 0) is 0 Å². The van der Waals surface area contributed by atoms with Crippen LogP contribution in [0.1, 0.15) is 45.0 Å². The Bertz CT molecular complexity index is 1380. The zero-order valence-corrected chi connectivity index (χ0v) is 19.7. The second-order valence-corrected chi connectivity index (χ2v) is 8.81. The zero-order chi connectivity index (χ0) is 23.8. The van der Waals surface area contributed by atoms with E-state index in [1.165, 1.54) is 11.1 Å². The Morgan fingerprint density at radius 2 is 1.82 bits per heavy atom. The van der Waals surface area contributed by atoms with Crippen LogP contribution in [0.5, 0.6) is 0 Å². The van der Waals surface area contributed by atoms with Crippen molar-refractivity contribution in [3.63, 3.8) is 0 Å². The first-order valence-corrected chi connectivity index (χ1v) is 11.4. The standard InChI is InChI=1S/C27H24N4O2S/c1-17-11-12-21(15-18(17)2)31-25(24(29-27(31)34)22-9-3-4-13-28-22)23-10-6-14-30(23)20-8-5-7-19(16-20)26(32)33/h3-16,24-25H,1-2H3,(H,29,34)(H,32,33)/t24-,25+/m0/s1. The van der Waals surface area contributed by atoms with Crippen molar-refractivity contribution in [1.29, 1.82) is 0 Å². The smallest absolute Gasteiger partial charge is 0.335 e. The summed E-state index contributed by atoms with van der Waals surface area (Å²) < 4.78 is 2.02. The summed E-state index contributed by atoms with van der Waals surface area (Å²) in [5.41, 5.74) is 6.27. The molecule has 1 fully saturated rings. The van der Waals surface area contributed by atoms with Gasteiger partial charge in [-0.25, -0.2) is 4.79 Å². The summed E-state index contributed by atoms with van der Waals surface area (Å²) in [7, 11) is 0. The van der Waals surface area contributed by atoms with Crippen molar-refractivity contribution in [2.75, 3.05) is 4.90 Å². The topological polar surface area (TPSA) is 70.4 Å². The van der Waals surface area contributed by atoms with Gasteiger partial charge in [-0.05, 0) is 91.8 Å². The van der Waals surface area contributed by atoms with Gasteiger partial charge in [-0.15, -0.1) is 0 Å². The lowest BCUT2D eigenvalue weighted by atomic mass is 10.00. The van der Waals surface area contributed by atoms with E-state index in [-0.39, 0.29) is 17.6 Å². The van der Waals surface area contributed by atoms with Crippen LogP contribution >= 0.6 is 12.2 Å². The Morgan fingerprint density at radius 3 is 2.56 bits per heavy atom. The highest BCUT2D eigenvalue weighted by molar-refractivity contribution is 7.80. The minimum atomic E-state index is -0.956. The van der Waals surface area contributed by atoms with Crippen LogP contribution < -0.4 is 10.2 Å². The molecule has 0 aliphatic carbocycles. The van der Waals surface area contributed by atoms with E-state index in [9.17, 15) is 9.90 Å². The van der Waals surface area contributed by atoms with E-state index in [0.717, 1.165) is 22.8 Å². The molecule has 5 rings (SSSR count). The van der Waals surface area contributed by atoms with Gasteiger partial charge in [-0.3, -0.25) is 4.98 Å². The van der Waals surface area contributed by atoms with Gasteiger partial charge in [0.25, 0.3) is 0 Å². The van der Waals surface area contributed by atoms with E-state index < -0.39 is 5.97 Å². The van der Waals surface area contributed by atoms with Gasteiger partial charge < -0.3 is 19.9 Å². The third kappa shape index (κ3) is 3.84. The number of anilines is 1. The number of hydrogen-bond acceptors (Lipinski definition) is 3. The molecule has 0 unspecified atom stereocenters. The molecule has 170 valence electrons. The predicted molar refractivity (Wildman–Crippen MR) is 137 cm³/mol. The Hall–Kier alpha value is -3.97. The molecule has 1 aliphatic heterocycles. The molecular formula is C27H24N4O2S. The summed E-state index contributed by atoms with van der Waals surface area (Å²) in [6, 6.07) is 22.8. The zero-order valence-electron chi connectivity index (χ0n) is 18.8. The summed E-state index contributed by atoms with van der Waals surface area (Å²) in [5, 5.41) is 13.6. The normalized spacial score (nSPS) is 17.6. The molecule has 2 aromatic heterocycles. The maximum Gasteiger partial charge on any atom is 0.335 e. The van der Waals surface area contributed by atoms with E-state index in [1.807, 2.05) is 41.1 Å². The van der Waals surface area contributed by atoms with Crippen LogP contribution in [0.4, 0.5) is 5.69 Å². The Morgan fingerprint density at radius 1 is 0.971 bits per heavy atom. The highest BCUT2D eigenvalue weighted by atomic mass is 32.1. The third-order valence-electron chi connectivity index (χ3n) is 6.32. The number of rotatable bonds is 5.